The highest BCUT2D eigenvalue weighted by Crippen LogP contribution is 2.18. The number of pyridine rings is 1. The van der Waals surface area contributed by atoms with Gasteiger partial charge in [0, 0.05) is 22.9 Å². The summed E-state index contributed by atoms with van der Waals surface area (Å²) in [6.07, 6.45) is 2.48. The highest BCUT2D eigenvalue weighted by atomic mass is 127. The van der Waals surface area contributed by atoms with E-state index in [4.69, 9.17) is 4.74 Å². The Morgan fingerprint density at radius 3 is 2.53 bits per heavy atom. The number of hydrogen-bond acceptors (Lipinski definition) is 3. The van der Waals surface area contributed by atoms with Gasteiger partial charge in [0.05, 0.1) is 12.2 Å². The van der Waals surface area contributed by atoms with Crippen molar-refractivity contribution in [2.24, 2.45) is 0 Å². The zero-order valence-electron chi connectivity index (χ0n) is 8.98. The molecule has 0 aliphatic carbocycles. The number of aromatic nitrogens is 1. The zero-order valence-corrected chi connectivity index (χ0v) is 11.1. The number of hydrogen-bond donors (Lipinski definition) is 0. The topological polar surface area (TPSA) is 25.4 Å². The van der Waals surface area contributed by atoms with E-state index in [1.54, 1.807) is 0 Å². The van der Waals surface area contributed by atoms with Crippen LogP contribution in [0.15, 0.2) is 18.3 Å². The Morgan fingerprint density at radius 1 is 1.33 bits per heavy atom. The van der Waals surface area contributed by atoms with Crippen molar-refractivity contribution in [3.8, 4) is 0 Å². The van der Waals surface area contributed by atoms with Gasteiger partial charge in [-0.2, -0.15) is 0 Å². The summed E-state index contributed by atoms with van der Waals surface area (Å²) in [7, 11) is 0. The smallest absolute Gasteiger partial charge is 0.128 e. The number of halogens is 1. The zero-order chi connectivity index (χ0) is 10.8. The van der Waals surface area contributed by atoms with Crippen molar-refractivity contribution in [3.05, 3.63) is 21.9 Å². The lowest BCUT2D eigenvalue weighted by atomic mass is 10.2. The van der Waals surface area contributed by atoms with Crippen LogP contribution in [0.1, 0.15) is 13.8 Å². The molecule has 0 spiro atoms. The maximum atomic E-state index is 5.69. The molecule has 0 amide bonds. The highest BCUT2D eigenvalue weighted by molar-refractivity contribution is 14.1. The molecule has 1 saturated heterocycles. The number of ether oxygens (including phenoxy) is 1. The van der Waals surface area contributed by atoms with Crippen molar-refractivity contribution < 1.29 is 4.74 Å². The minimum absolute atomic E-state index is 0.287. The first kappa shape index (κ1) is 11.1. The standard InChI is InChI=1S/C11H15IN2O/c1-8-6-14(7-9(2)15-8)11-4-3-10(12)5-13-11/h3-5,8-9H,6-7H2,1-2H3/t8-,9+. The summed E-state index contributed by atoms with van der Waals surface area (Å²) >= 11 is 2.27. The number of nitrogens with zero attached hydrogens (tertiary/aromatic N) is 2. The molecule has 1 fully saturated rings. The molecule has 15 heavy (non-hydrogen) atoms. The molecular formula is C11H15IN2O. The SMILES string of the molecule is C[C@@H]1CN(c2ccc(I)cn2)C[C@H](C)O1. The van der Waals surface area contributed by atoms with E-state index in [1.807, 2.05) is 6.20 Å². The van der Waals surface area contributed by atoms with Crippen LogP contribution in [0, 0.1) is 3.57 Å². The van der Waals surface area contributed by atoms with E-state index in [9.17, 15) is 0 Å². The van der Waals surface area contributed by atoms with Crippen molar-refractivity contribution in [2.45, 2.75) is 26.1 Å². The van der Waals surface area contributed by atoms with Crippen LogP contribution in [0.4, 0.5) is 5.82 Å². The van der Waals surface area contributed by atoms with Crippen molar-refractivity contribution >= 4 is 28.4 Å². The van der Waals surface area contributed by atoms with Crippen LogP contribution in [0.25, 0.3) is 0 Å². The van der Waals surface area contributed by atoms with Gasteiger partial charge >= 0.3 is 0 Å². The lowest BCUT2D eigenvalue weighted by Gasteiger charge is -2.36. The molecular weight excluding hydrogens is 303 g/mol. The Bertz CT molecular complexity index is 318. The molecule has 0 radical (unpaired) electrons. The maximum absolute atomic E-state index is 5.69. The first-order chi connectivity index (χ1) is 7.15. The number of morpholine rings is 1. The van der Waals surface area contributed by atoms with E-state index in [0.29, 0.717) is 0 Å². The van der Waals surface area contributed by atoms with Crippen LogP contribution >= 0.6 is 22.6 Å². The molecule has 3 nitrogen and oxygen atoms in total. The summed E-state index contributed by atoms with van der Waals surface area (Å²) in [6.45, 7) is 6.07. The fourth-order valence-corrected chi connectivity index (χ4v) is 2.24. The van der Waals surface area contributed by atoms with Gasteiger partial charge in [-0.1, -0.05) is 0 Å². The predicted molar refractivity (Wildman–Crippen MR) is 69.2 cm³/mol. The summed E-state index contributed by atoms with van der Waals surface area (Å²) in [5.74, 6) is 1.05. The molecule has 0 aromatic carbocycles. The summed E-state index contributed by atoms with van der Waals surface area (Å²) in [5, 5.41) is 0. The van der Waals surface area contributed by atoms with Crippen LogP contribution in [0.3, 0.4) is 0 Å². The summed E-state index contributed by atoms with van der Waals surface area (Å²) in [5.41, 5.74) is 0. The summed E-state index contributed by atoms with van der Waals surface area (Å²) in [4.78, 5) is 6.72. The Morgan fingerprint density at radius 2 is 2.00 bits per heavy atom. The molecule has 1 aromatic rings. The van der Waals surface area contributed by atoms with Crippen LogP contribution in [-0.4, -0.2) is 30.3 Å². The van der Waals surface area contributed by atoms with Crippen molar-refractivity contribution in [2.75, 3.05) is 18.0 Å². The first-order valence-corrected chi connectivity index (χ1v) is 6.25. The molecule has 2 rings (SSSR count). The van der Waals surface area contributed by atoms with Gasteiger partial charge in [-0.3, -0.25) is 0 Å². The normalized spacial score (nSPS) is 26.7. The molecule has 0 unspecified atom stereocenters. The Hall–Kier alpha value is -0.360. The van der Waals surface area contributed by atoms with Gasteiger partial charge in [0.25, 0.3) is 0 Å². The lowest BCUT2D eigenvalue weighted by Crippen LogP contribution is -2.45. The number of anilines is 1. The molecule has 1 aromatic heterocycles. The second-order valence-electron chi connectivity index (χ2n) is 4.00. The van der Waals surface area contributed by atoms with Crippen molar-refractivity contribution in [1.82, 2.24) is 4.98 Å². The van der Waals surface area contributed by atoms with Gasteiger partial charge in [-0.05, 0) is 48.6 Å². The molecule has 0 bridgehead atoms. The third-order valence-corrected chi connectivity index (χ3v) is 3.09. The van der Waals surface area contributed by atoms with Crippen molar-refractivity contribution in [3.63, 3.8) is 0 Å². The molecule has 2 atom stereocenters. The second-order valence-corrected chi connectivity index (χ2v) is 5.24. The average molecular weight is 318 g/mol. The van der Waals surface area contributed by atoms with E-state index in [-0.39, 0.29) is 12.2 Å². The van der Waals surface area contributed by atoms with Crippen LogP contribution in [-0.2, 0) is 4.74 Å². The second kappa shape index (κ2) is 4.65. The average Bonchev–Trinajstić information content (AvgIpc) is 2.17. The third kappa shape index (κ3) is 2.81. The minimum Gasteiger partial charge on any atom is -0.372 e. The number of rotatable bonds is 1. The molecule has 0 saturated carbocycles. The molecule has 82 valence electrons. The summed E-state index contributed by atoms with van der Waals surface area (Å²) in [6, 6.07) is 4.17. The molecule has 4 heteroatoms. The maximum Gasteiger partial charge on any atom is 0.128 e. The van der Waals surface area contributed by atoms with E-state index >= 15 is 0 Å². The largest absolute Gasteiger partial charge is 0.372 e. The fraction of sp³-hybridized carbons (Fsp3) is 0.545. The van der Waals surface area contributed by atoms with E-state index in [0.717, 1.165) is 18.9 Å². The van der Waals surface area contributed by atoms with E-state index in [2.05, 4.69) is 58.5 Å². The Labute approximate surface area is 104 Å². The summed E-state index contributed by atoms with van der Waals surface area (Å²) < 4.78 is 6.86. The van der Waals surface area contributed by atoms with Gasteiger partial charge in [-0.15, -0.1) is 0 Å². The highest BCUT2D eigenvalue weighted by Gasteiger charge is 2.22. The first-order valence-electron chi connectivity index (χ1n) is 5.17. The van der Waals surface area contributed by atoms with Gasteiger partial charge in [0.15, 0.2) is 0 Å². The van der Waals surface area contributed by atoms with Crippen LogP contribution in [0.2, 0.25) is 0 Å². The molecule has 2 heterocycles. The monoisotopic (exact) mass is 318 g/mol. The molecule has 1 aliphatic rings. The minimum atomic E-state index is 0.287. The quantitative estimate of drug-likeness (QED) is 0.743. The lowest BCUT2D eigenvalue weighted by molar-refractivity contribution is -0.00545. The van der Waals surface area contributed by atoms with Crippen LogP contribution in [0.5, 0.6) is 0 Å². The Balaban J connectivity index is 2.12. The fourth-order valence-electron chi connectivity index (χ4n) is 1.92. The molecule has 1 aliphatic heterocycles. The Kier molecular flexibility index (Phi) is 3.45. The predicted octanol–water partition coefficient (Wildman–Crippen LogP) is 2.30. The third-order valence-electron chi connectivity index (χ3n) is 2.46. The van der Waals surface area contributed by atoms with Crippen molar-refractivity contribution in [1.29, 1.82) is 0 Å². The van der Waals surface area contributed by atoms with Gasteiger partial charge < -0.3 is 9.64 Å². The van der Waals surface area contributed by atoms with E-state index < -0.39 is 0 Å². The van der Waals surface area contributed by atoms with Gasteiger partial charge in [0.2, 0.25) is 0 Å². The molecule has 0 N–H and O–H groups in total. The van der Waals surface area contributed by atoms with Gasteiger partial charge in [-0.25, -0.2) is 4.98 Å². The van der Waals surface area contributed by atoms with Crippen LogP contribution < -0.4 is 4.90 Å². The van der Waals surface area contributed by atoms with Gasteiger partial charge in [0.1, 0.15) is 5.82 Å². The van der Waals surface area contributed by atoms with E-state index in [1.165, 1.54) is 3.57 Å².